The van der Waals surface area contributed by atoms with Gasteiger partial charge in [-0.15, -0.1) is 0 Å². The summed E-state index contributed by atoms with van der Waals surface area (Å²) in [5.74, 6) is 0. The van der Waals surface area contributed by atoms with Crippen LogP contribution in [0.25, 0.3) is 16.7 Å². The summed E-state index contributed by atoms with van der Waals surface area (Å²) >= 11 is 12.1. The molecule has 0 radical (unpaired) electrons. The largest absolute Gasteiger partial charge is 0.291 e. The minimum absolute atomic E-state index is 0.369. The van der Waals surface area contributed by atoms with Crippen molar-refractivity contribution >= 4 is 39.9 Å². The predicted octanol–water partition coefficient (Wildman–Crippen LogP) is 3.50. The molecule has 0 bridgehead atoms. The fourth-order valence-electron chi connectivity index (χ4n) is 1.81. The number of rotatable bonds is 0. The summed E-state index contributed by atoms with van der Waals surface area (Å²) < 4.78 is 1.92. The van der Waals surface area contributed by atoms with Gasteiger partial charge in [-0.3, -0.25) is 4.40 Å². The van der Waals surface area contributed by atoms with Crippen molar-refractivity contribution in [3.8, 4) is 0 Å². The van der Waals surface area contributed by atoms with E-state index in [0.717, 1.165) is 16.7 Å². The summed E-state index contributed by atoms with van der Waals surface area (Å²) in [5.41, 5.74) is 3.26. The molecular formula is C11H7Cl2N3. The monoisotopic (exact) mass is 251 g/mol. The summed E-state index contributed by atoms with van der Waals surface area (Å²) in [4.78, 5) is 8.48. The molecule has 2 aromatic heterocycles. The van der Waals surface area contributed by atoms with Crippen LogP contribution >= 0.6 is 23.2 Å². The molecule has 0 unspecified atom stereocenters. The number of hydrogen-bond donors (Lipinski definition) is 0. The Balaban J connectivity index is 2.67. The molecule has 3 aromatic rings. The van der Waals surface area contributed by atoms with Crippen molar-refractivity contribution < 1.29 is 0 Å². The van der Waals surface area contributed by atoms with Crippen LogP contribution in [-0.2, 0) is 0 Å². The second-order valence-corrected chi connectivity index (χ2v) is 4.25. The number of aryl methyl sites for hydroxylation is 1. The van der Waals surface area contributed by atoms with Crippen LogP contribution in [0.2, 0.25) is 10.3 Å². The molecule has 80 valence electrons. The molecule has 0 atom stereocenters. The van der Waals surface area contributed by atoms with Gasteiger partial charge >= 0.3 is 0 Å². The SMILES string of the molecule is Cc1c(Cl)nc2c(Cl)nc3ccccc3n12. The fourth-order valence-corrected chi connectivity index (χ4v) is 2.19. The molecule has 0 aliphatic heterocycles. The normalized spacial score (nSPS) is 11.4. The van der Waals surface area contributed by atoms with Gasteiger partial charge in [0.25, 0.3) is 0 Å². The molecule has 1 aromatic carbocycles. The Kier molecular flexibility index (Phi) is 2.06. The van der Waals surface area contributed by atoms with Crippen molar-refractivity contribution in [3.05, 3.63) is 40.3 Å². The third kappa shape index (κ3) is 1.22. The molecule has 3 rings (SSSR count). The number of halogens is 2. The van der Waals surface area contributed by atoms with E-state index in [1.165, 1.54) is 0 Å². The smallest absolute Gasteiger partial charge is 0.177 e. The van der Waals surface area contributed by atoms with Gasteiger partial charge in [-0.05, 0) is 19.1 Å². The molecule has 0 aliphatic rings. The number of fused-ring (bicyclic) bond motifs is 3. The van der Waals surface area contributed by atoms with Crippen molar-refractivity contribution in [2.75, 3.05) is 0 Å². The van der Waals surface area contributed by atoms with Gasteiger partial charge in [0.1, 0.15) is 0 Å². The van der Waals surface area contributed by atoms with Crippen molar-refractivity contribution in [1.29, 1.82) is 0 Å². The maximum Gasteiger partial charge on any atom is 0.177 e. The van der Waals surface area contributed by atoms with E-state index in [1.54, 1.807) is 0 Å². The first-order valence-electron chi connectivity index (χ1n) is 4.77. The summed E-state index contributed by atoms with van der Waals surface area (Å²) in [7, 11) is 0. The number of imidazole rings is 1. The van der Waals surface area contributed by atoms with Crippen LogP contribution < -0.4 is 0 Å². The first-order chi connectivity index (χ1) is 7.68. The lowest BCUT2D eigenvalue weighted by atomic mass is 10.3. The number of para-hydroxylation sites is 2. The van der Waals surface area contributed by atoms with Gasteiger partial charge < -0.3 is 0 Å². The van der Waals surface area contributed by atoms with Crippen molar-refractivity contribution in [1.82, 2.24) is 14.4 Å². The van der Waals surface area contributed by atoms with Gasteiger partial charge in [-0.1, -0.05) is 35.3 Å². The quantitative estimate of drug-likeness (QED) is 0.613. The zero-order valence-electron chi connectivity index (χ0n) is 8.41. The van der Waals surface area contributed by atoms with Crippen LogP contribution in [0.1, 0.15) is 5.69 Å². The maximum absolute atomic E-state index is 6.07. The second-order valence-electron chi connectivity index (χ2n) is 3.54. The maximum atomic E-state index is 6.07. The number of hydrogen-bond acceptors (Lipinski definition) is 2. The third-order valence-electron chi connectivity index (χ3n) is 2.58. The molecule has 16 heavy (non-hydrogen) atoms. The average molecular weight is 252 g/mol. The van der Waals surface area contributed by atoms with E-state index in [9.17, 15) is 0 Å². The molecule has 0 amide bonds. The molecule has 0 spiro atoms. The summed E-state index contributed by atoms with van der Waals surface area (Å²) in [6.45, 7) is 1.91. The van der Waals surface area contributed by atoms with Gasteiger partial charge in [0.2, 0.25) is 0 Å². The van der Waals surface area contributed by atoms with Crippen LogP contribution in [0.5, 0.6) is 0 Å². The van der Waals surface area contributed by atoms with E-state index in [0.29, 0.717) is 16.0 Å². The van der Waals surface area contributed by atoms with Crippen LogP contribution in [0.3, 0.4) is 0 Å². The van der Waals surface area contributed by atoms with E-state index >= 15 is 0 Å². The Morgan fingerprint density at radius 1 is 1.06 bits per heavy atom. The van der Waals surface area contributed by atoms with Gasteiger partial charge in [0.05, 0.1) is 16.7 Å². The van der Waals surface area contributed by atoms with Gasteiger partial charge in [0.15, 0.2) is 16.0 Å². The minimum Gasteiger partial charge on any atom is -0.291 e. The van der Waals surface area contributed by atoms with Gasteiger partial charge in [-0.25, -0.2) is 9.97 Å². The Bertz CT molecular complexity index is 703. The third-order valence-corrected chi connectivity index (χ3v) is 3.19. The predicted molar refractivity (Wildman–Crippen MR) is 65.3 cm³/mol. The zero-order valence-corrected chi connectivity index (χ0v) is 9.92. The highest BCUT2D eigenvalue weighted by Crippen LogP contribution is 2.26. The first-order valence-corrected chi connectivity index (χ1v) is 5.53. The topological polar surface area (TPSA) is 30.2 Å². The van der Waals surface area contributed by atoms with Gasteiger partial charge in [0, 0.05) is 0 Å². The molecule has 0 N–H and O–H groups in total. The van der Waals surface area contributed by atoms with E-state index in [4.69, 9.17) is 23.2 Å². The van der Waals surface area contributed by atoms with E-state index in [2.05, 4.69) is 9.97 Å². The molecule has 0 fully saturated rings. The standard InChI is InChI=1S/C11H7Cl2N3/c1-6-9(12)15-11-10(13)14-7-4-2-3-5-8(7)16(6)11/h2-5H,1H3. The van der Waals surface area contributed by atoms with E-state index in [1.807, 2.05) is 35.6 Å². The Labute approximate surface area is 102 Å². The van der Waals surface area contributed by atoms with Crippen LogP contribution in [-0.4, -0.2) is 14.4 Å². The highest BCUT2D eigenvalue weighted by Gasteiger charge is 2.13. The number of aromatic nitrogens is 3. The van der Waals surface area contributed by atoms with Crippen molar-refractivity contribution in [2.45, 2.75) is 6.92 Å². The molecule has 2 heterocycles. The summed E-state index contributed by atoms with van der Waals surface area (Å²) in [6, 6.07) is 7.75. The molecule has 0 aliphatic carbocycles. The fraction of sp³-hybridized carbons (Fsp3) is 0.0909. The minimum atomic E-state index is 0.369. The highest BCUT2D eigenvalue weighted by molar-refractivity contribution is 6.34. The lowest BCUT2D eigenvalue weighted by Gasteiger charge is -2.03. The second kappa shape index (κ2) is 3.34. The highest BCUT2D eigenvalue weighted by atomic mass is 35.5. The number of nitrogens with zero attached hydrogens (tertiary/aromatic N) is 3. The van der Waals surface area contributed by atoms with Crippen LogP contribution in [0.4, 0.5) is 0 Å². The molecule has 3 nitrogen and oxygen atoms in total. The molecule has 0 saturated carbocycles. The van der Waals surface area contributed by atoms with E-state index in [-0.39, 0.29) is 0 Å². The zero-order chi connectivity index (χ0) is 11.3. The Hall–Kier alpha value is -1.32. The van der Waals surface area contributed by atoms with Crippen molar-refractivity contribution in [2.24, 2.45) is 0 Å². The van der Waals surface area contributed by atoms with Crippen molar-refractivity contribution in [3.63, 3.8) is 0 Å². The molecular weight excluding hydrogens is 245 g/mol. The number of benzene rings is 1. The first kappa shape index (κ1) is 9.87. The Morgan fingerprint density at radius 3 is 2.62 bits per heavy atom. The summed E-state index contributed by atoms with van der Waals surface area (Å²) in [5, 5.41) is 0.828. The Morgan fingerprint density at radius 2 is 1.81 bits per heavy atom. The lowest BCUT2D eigenvalue weighted by Crippen LogP contribution is -1.94. The summed E-state index contributed by atoms with van der Waals surface area (Å²) in [6.07, 6.45) is 0. The van der Waals surface area contributed by atoms with E-state index < -0.39 is 0 Å². The van der Waals surface area contributed by atoms with Crippen LogP contribution in [0.15, 0.2) is 24.3 Å². The molecule has 0 saturated heterocycles. The lowest BCUT2D eigenvalue weighted by molar-refractivity contribution is 1.14. The average Bonchev–Trinajstić information content (AvgIpc) is 2.57. The van der Waals surface area contributed by atoms with Gasteiger partial charge in [-0.2, -0.15) is 0 Å². The van der Waals surface area contributed by atoms with Crippen LogP contribution in [0, 0.1) is 6.92 Å². The molecule has 5 heteroatoms.